The first-order valence-corrected chi connectivity index (χ1v) is 10.2. The number of aromatic nitrogens is 5. The largest absolute Gasteiger partial charge is 0.388 e. The Morgan fingerprint density at radius 1 is 1.19 bits per heavy atom. The smallest absolute Gasteiger partial charge is 0.289 e. The summed E-state index contributed by atoms with van der Waals surface area (Å²) in [6.45, 7) is 5.90. The summed E-state index contributed by atoms with van der Waals surface area (Å²) in [6, 6.07) is 7.14. The molecule has 0 aliphatic carbocycles. The Hall–Kier alpha value is -3.47. The zero-order chi connectivity index (χ0) is 22.4. The van der Waals surface area contributed by atoms with Crippen LogP contribution >= 0.6 is 0 Å². The minimum atomic E-state index is -1.20. The number of nitrogens with zero attached hydrogens (tertiary/aromatic N) is 5. The summed E-state index contributed by atoms with van der Waals surface area (Å²) in [7, 11) is 1.78. The van der Waals surface area contributed by atoms with E-state index in [0.717, 1.165) is 22.2 Å². The second-order valence-electron chi connectivity index (χ2n) is 7.59. The number of hydrogen-bond donors (Lipinski definition) is 3. The molecule has 0 amide bonds. The lowest BCUT2D eigenvalue weighted by molar-refractivity contribution is -0.0206. The van der Waals surface area contributed by atoms with Gasteiger partial charge in [0.05, 0.1) is 12.3 Å². The molecule has 161 valence electrons. The van der Waals surface area contributed by atoms with Crippen LogP contribution in [0.2, 0.25) is 0 Å². The molecule has 9 nitrogen and oxygen atoms in total. The normalized spacial score (nSPS) is 23.5. The first-order valence-electron chi connectivity index (χ1n) is 10.2. The number of aliphatic hydroxyl groups excluding tert-OH is 2. The Morgan fingerprint density at radius 2 is 2.00 bits per heavy atom. The van der Waals surface area contributed by atoms with E-state index in [2.05, 4.69) is 21.5 Å². The van der Waals surface area contributed by atoms with E-state index in [0.29, 0.717) is 11.2 Å². The van der Waals surface area contributed by atoms with Crippen LogP contribution in [0.4, 0.5) is 5.82 Å². The van der Waals surface area contributed by atoms with Crippen molar-refractivity contribution >= 4 is 47.5 Å². The van der Waals surface area contributed by atoms with Crippen molar-refractivity contribution < 1.29 is 14.9 Å². The van der Waals surface area contributed by atoms with Gasteiger partial charge in [0.25, 0.3) is 7.41 Å². The molecule has 10 heteroatoms. The molecular formula is C22H22BN6O3. The van der Waals surface area contributed by atoms with Gasteiger partial charge in [0.2, 0.25) is 0 Å². The first-order chi connectivity index (χ1) is 15.5. The molecule has 5 rings (SSSR count). The van der Waals surface area contributed by atoms with Gasteiger partial charge in [-0.15, -0.1) is 0 Å². The number of nitrogen functional groups attached to an aromatic ring is 1. The monoisotopic (exact) mass is 429 g/mol. The van der Waals surface area contributed by atoms with E-state index >= 15 is 0 Å². The maximum atomic E-state index is 10.8. The Kier molecular flexibility index (Phi) is 5.05. The lowest BCUT2D eigenvalue weighted by atomic mass is 9.80. The summed E-state index contributed by atoms with van der Waals surface area (Å²) >= 11 is 0. The molecule has 1 saturated heterocycles. The van der Waals surface area contributed by atoms with Crippen LogP contribution in [0, 0.1) is 0 Å². The highest BCUT2D eigenvalue weighted by molar-refractivity contribution is 6.38. The summed E-state index contributed by atoms with van der Waals surface area (Å²) in [6.07, 6.45) is 5.28. The molecule has 4 aromatic rings. The van der Waals surface area contributed by atoms with Crippen LogP contribution < -0.4 is 5.73 Å². The number of para-hydroxylation sites is 1. The highest BCUT2D eigenvalue weighted by Gasteiger charge is 2.45. The Bertz CT molecular complexity index is 1350. The van der Waals surface area contributed by atoms with E-state index in [9.17, 15) is 10.2 Å². The molecule has 0 spiro atoms. The number of imidazole rings is 1. The Balaban J connectivity index is 1.53. The molecular weight excluding hydrogens is 407 g/mol. The van der Waals surface area contributed by atoms with Crippen LogP contribution in [0.25, 0.3) is 34.2 Å². The highest BCUT2D eigenvalue weighted by atomic mass is 16.6. The Morgan fingerprint density at radius 3 is 2.78 bits per heavy atom. The number of benzene rings is 1. The van der Waals surface area contributed by atoms with Crippen molar-refractivity contribution in [3.05, 3.63) is 60.8 Å². The van der Waals surface area contributed by atoms with Gasteiger partial charge in [-0.2, -0.15) is 0 Å². The van der Waals surface area contributed by atoms with Crippen LogP contribution in [0.3, 0.4) is 0 Å². The van der Waals surface area contributed by atoms with Gasteiger partial charge in [0, 0.05) is 22.2 Å². The average Bonchev–Trinajstić information content (AvgIpc) is 3.44. The van der Waals surface area contributed by atoms with Crippen molar-refractivity contribution in [1.82, 2.24) is 24.0 Å². The van der Waals surface area contributed by atoms with Crippen LogP contribution in [-0.2, 0) is 4.74 Å². The van der Waals surface area contributed by atoms with E-state index in [4.69, 9.17) is 10.5 Å². The van der Waals surface area contributed by atoms with Gasteiger partial charge in [0.15, 0.2) is 17.7 Å². The number of fused-ring (bicyclic) bond motifs is 2. The topological polar surface area (TPSA) is 124 Å². The summed E-state index contributed by atoms with van der Waals surface area (Å²) < 4.78 is 9.62. The third-order valence-electron chi connectivity index (χ3n) is 5.75. The lowest BCUT2D eigenvalue weighted by Gasteiger charge is -2.17. The maximum Gasteiger partial charge on any atom is 0.289 e. The summed E-state index contributed by atoms with van der Waals surface area (Å²) in [5.74, 6) is 0.233. The third-order valence-corrected chi connectivity index (χ3v) is 5.75. The van der Waals surface area contributed by atoms with Gasteiger partial charge in [-0.3, -0.25) is 4.57 Å². The quantitative estimate of drug-likeness (QED) is 0.413. The fourth-order valence-electron chi connectivity index (χ4n) is 4.25. The van der Waals surface area contributed by atoms with Gasteiger partial charge in [0.1, 0.15) is 24.1 Å². The molecule has 1 aliphatic heterocycles. The second kappa shape index (κ2) is 7.90. The van der Waals surface area contributed by atoms with Crippen LogP contribution in [0.5, 0.6) is 0 Å². The molecule has 4 unspecified atom stereocenters. The molecule has 0 bridgehead atoms. The average molecular weight is 429 g/mol. The number of aliphatic hydroxyl groups is 2. The third kappa shape index (κ3) is 3.03. The molecule has 0 saturated carbocycles. The van der Waals surface area contributed by atoms with Gasteiger partial charge >= 0.3 is 0 Å². The van der Waals surface area contributed by atoms with E-state index in [1.807, 2.05) is 53.9 Å². The summed E-state index contributed by atoms with van der Waals surface area (Å²) in [4.78, 5) is 12.4. The van der Waals surface area contributed by atoms with E-state index in [1.165, 1.54) is 12.7 Å². The molecule has 4 atom stereocenters. The van der Waals surface area contributed by atoms with Crippen molar-refractivity contribution in [3.8, 4) is 0 Å². The van der Waals surface area contributed by atoms with Crippen LogP contribution in [0.1, 0.15) is 24.4 Å². The number of rotatable bonds is 5. The zero-order valence-corrected chi connectivity index (χ0v) is 17.4. The maximum absolute atomic E-state index is 10.8. The molecule has 4 N–H and O–H groups in total. The zero-order valence-electron chi connectivity index (χ0n) is 17.4. The molecule has 32 heavy (non-hydrogen) atoms. The number of nitrogens with two attached hydrogens (primary N) is 1. The molecule has 1 fully saturated rings. The number of ether oxygens (including phenoxy) is 1. The summed E-state index contributed by atoms with van der Waals surface area (Å²) in [5, 5.41) is 22.6. The fraction of sp³-hybridized carbons (Fsp3) is 0.227. The van der Waals surface area contributed by atoms with Crippen LogP contribution in [0.15, 0.2) is 49.6 Å². The minimum absolute atomic E-state index is 0.233. The van der Waals surface area contributed by atoms with Crippen molar-refractivity contribution in [2.75, 3.05) is 5.73 Å². The minimum Gasteiger partial charge on any atom is -0.388 e. The molecule has 1 aromatic carbocycles. The van der Waals surface area contributed by atoms with E-state index in [-0.39, 0.29) is 5.82 Å². The van der Waals surface area contributed by atoms with Gasteiger partial charge in [-0.1, -0.05) is 36.9 Å². The number of hydrogen-bond acceptors (Lipinski definition) is 7. The standard InChI is InChI=1S/C22H22BN6O3/c1-3-7-14-12(4-2)13-8-5-6-9-15(13)29(14)23-19-17(30)18(31)22(32-19)28-11-27-16-20(24)25-10-26-21(16)28/h3-11,17-19,22,30-31H,2H2,1H3,(H2,24,25,26)/b7-3-. The second-order valence-corrected chi connectivity index (χ2v) is 7.59. The molecule has 4 heterocycles. The molecule has 1 radical (unpaired) electrons. The van der Waals surface area contributed by atoms with Gasteiger partial charge < -0.3 is 25.2 Å². The van der Waals surface area contributed by atoms with Crippen molar-refractivity contribution in [3.63, 3.8) is 0 Å². The van der Waals surface area contributed by atoms with Crippen molar-refractivity contribution in [1.29, 1.82) is 0 Å². The molecule has 1 aliphatic rings. The lowest BCUT2D eigenvalue weighted by Crippen LogP contribution is -2.37. The highest BCUT2D eigenvalue weighted by Crippen LogP contribution is 2.34. The number of allylic oxidation sites excluding steroid dienone is 1. The van der Waals surface area contributed by atoms with Gasteiger partial charge in [-0.25, -0.2) is 15.0 Å². The van der Waals surface area contributed by atoms with Crippen molar-refractivity contribution in [2.24, 2.45) is 0 Å². The fourth-order valence-corrected chi connectivity index (χ4v) is 4.25. The van der Waals surface area contributed by atoms with Crippen LogP contribution in [-0.4, -0.2) is 59.8 Å². The summed E-state index contributed by atoms with van der Waals surface area (Å²) in [5.41, 5.74) is 9.53. The predicted molar refractivity (Wildman–Crippen MR) is 124 cm³/mol. The molecule has 3 aromatic heterocycles. The first kappa shape index (κ1) is 20.4. The number of anilines is 1. The van der Waals surface area contributed by atoms with Crippen molar-refractivity contribution in [2.45, 2.75) is 31.4 Å². The van der Waals surface area contributed by atoms with E-state index < -0.39 is 24.4 Å². The van der Waals surface area contributed by atoms with E-state index in [1.54, 1.807) is 12.0 Å². The Labute approximate surface area is 184 Å². The van der Waals surface area contributed by atoms with Gasteiger partial charge in [-0.05, 0) is 19.1 Å². The predicted octanol–water partition coefficient (Wildman–Crippen LogP) is 1.78. The SMILES string of the molecule is C=Cc1c(/C=C\C)n([B]C2OC(n3cnc4c(N)ncnc43)C(O)C2O)c2ccccc12.